The van der Waals surface area contributed by atoms with E-state index < -0.39 is 11.9 Å². The number of methoxy groups -OCH3 is 1. The number of benzene rings is 3. The number of anilines is 1. The van der Waals surface area contributed by atoms with Crippen molar-refractivity contribution in [3.8, 4) is 11.5 Å². The zero-order valence-corrected chi connectivity index (χ0v) is 35.3. The Morgan fingerprint density at radius 1 is 0.948 bits per heavy atom. The molecule has 2 N–H and O–H groups in total. The summed E-state index contributed by atoms with van der Waals surface area (Å²) < 4.78 is 28.3. The minimum absolute atomic E-state index is 0.0394. The highest BCUT2D eigenvalue weighted by Crippen LogP contribution is 2.37. The summed E-state index contributed by atoms with van der Waals surface area (Å²) in [5.74, 6) is 1.45. The van der Waals surface area contributed by atoms with E-state index in [4.69, 9.17) is 19.4 Å². The fourth-order valence-electron chi connectivity index (χ4n) is 8.59. The van der Waals surface area contributed by atoms with Crippen molar-refractivity contribution in [2.75, 3.05) is 38.7 Å². The molecule has 0 spiro atoms. The number of halogens is 2. The number of hydrogen-bond acceptors (Lipinski definition) is 9. The summed E-state index contributed by atoms with van der Waals surface area (Å²) >= 11 is 3.57. The van der Waals surface area contributed by atoms with E-state index in [1.807, 2.05) is 37.3 Å². The van der Waals surface area contributed by atoms with Gasteiger partial charge in [-0.2, -0.15) is 0 Å². The Hall–Kier alpha value is -4.62. The van der Waals surface area contributed by atoms with Gasteiger partial charge in [0, 0.05) is 34.5 Å². The molecule has 13 heteroatoms. The molecule has 2 atom stereocenters. The Balaban J connectivity index is 0.787. The fourth-order valence-corrected chi connectivity index (χ4v) is 9.01. The number of imide groups is 1. The minimum atomic E-state index is -0.697. The number of hydrogen-bond donors (Lipinski definition) is 2. The first-order valence-electron chi connectivity index (χ1n) is 20.8. The number of unbranched alkanes of at least 4 members (excludes halogenated alkanes) is 6. The van der Waals surface area contributed by atoms with Crippen LogP contribution in [0.3, 0.4) is 0 Å². The summed E-state index contributed by atoms with van der Waals surface area (Å²) in [6.45, 7) is 7.82. The van der Waals surface area contributed by atoms with Crippen LogP contribution < -0.4 is 20.1 Å². The van der Waals surface area contributed by atoms with Crippen molar-refractivity contribution < 1.29 is 28.2 Å². The van der Waals surface area contributed by atoms with Crippen molar-refractivity contribution in [2.24, 2.45) is 0 Å². The number of nitrogens with zero attached hydrogens (tertiary/aromatic N) is 4. The SMILES string of the molecule is COc1cc2c(N[C@H](C)c3cccc(Br)c3)nc(C)nc2cc1OCCCCCCCCCN1CCC(c2cc3c(cc2F)C(=O)N(C2CCC(=O)NC2=O)C3)CC1. The molecule has 308 valence electrons. The highest BCUT2D eigenvalue weighted by atomic mass is 79.9. The van der Waals surface area contributed by atoms with Crippen LogP contribution >= 0.6 is 15.9 Å². The third-order valence-corrected chi connectivity index (χ3v) is 12.3. The molecule has 11 nitrogen and oxygen atoms in total. The topological polar surface area (TPSA) is 126 Å². The Kier molecular flexibility index (Phi) is 13.6. The lowest BCUT2D eigenvalue weighted by Gasteiger charge is -2.32. The third-order valence-electron chi connectivity index (χ3n) is 11.8. The van der Waals surface area contributed by atoms with Gasteiger partial charge in [0.1, 0.15) is 23.5 Å². The number of rotatable bonds is 17. The van der Waals surface area contributed by atoms with E-state index in [9.17, 15) is 14.4 Å². The van der Waals surface area contributed by atoms with Crippen molar-refractivity contribution in [3.63, 3.8) is 0 Å². The number of ether oxygens (including phenoxy) is 2. The zero-order chi connectivity index (χ0) is 40.8. The smallest absolute Gasteiger partial charge is 0.255 e. The van der Waals surface area contributed by atoms with Crippen LogP contribution in [0, 0.1) is 12.7 Å². The minimum Gasteiger partial charge on any atom is -0.493 e. The Bertz CT molecular complexity index is 2140. The molecule has 4 aromatic rings. The molecule has 2 saturated heterocycles. The van der Waals surface area contributed by atoms with E-state index >= 15 is 4.39 Å². The Morgan fingerprint density at radius 3 is 2.45 bits per heavy atom. The molecule has 0 bridgehead atoms. The number of likely N-dealkylation sites (tertiary alicyclic amines) is 1. The van der Waals surface area contributed by atoms with Gasteiger partial charge in [-0.1, -0.05) is 66.2 Å². The van der Waals surface area contributed by atoms with Crippen LogP contribution in [0.2, 0.25) is 0 Å². The zero-order valence-electron chi connectivity index (χ0n) is 33.8. The van der Waals surface area contributed by atoms with Crippen LogP contribution in [0.4, 0.5) is 10.2 Å². The predicted octanol–water partition coefficient (Wildman–Crippen LogP) is 8.77. The Morgan fingerprint density at radius 2 is 1.71 bits per heavy atom. The van der Waals surface area contributed by atoms with Gasteiger partial charge in [-0.05, 0) is 112 Å². The van der Waals surface area contributed by atoms with Gasteiger partial charge in [0.25, 0.3) is 5.91 Å². The van der Waals surface area contributed by atoms with Crippen molar-refractivity contribution >= 4 is 50.4 Å². The van der Waals surface area contributed by atoms with Gasteiger partial charge in [-0.25, -0.2) is 14.4 Å². The van der Waals surface area contributed by atoms with Crippen LogP contribution in [0.25, 0.3) is 10.9 Å². The quantitative estimate of drug-likeness (QED) is 0.0792. The van der Waals surface area contributed by atoms with Crippen molar-refractivity contribution in [1.82, 2.24) is 25.1 Å². The molecule has 3 aliphatic heterocycles. The number of aryl methyl sites for hydroxylation is 1. The fraction of sp³-hybridized carbons (Fsp3) is 0.489. The molecule has 3 aliphatic rings. The molecule has 2 fully saturated rings. The standard InChI is InChI=1S/C45H54BrFN6O5/c1-28(31-12-11-13-33(46)22-31)48-43-36-25-40(57-3)41(26-38(36)49-29(2)50-43)58-21-10-8-6-4-5-7-9-18-52-19-16-30(17-20-52)34-23-32-27-53(45(56)35(32)24-37(34)47)39-14-15-42(54)51-44(39)55/h11-13,22-26,28,30,39H,4-10,14-21,27H2,1-3H3,(H,48,49,50)(H,51,54,55)/t28-,39?/m1/s1. The van der Waals surface area contributed by atoms with Gasteiger partial charge in [-0.15, -0.1) is 0 Å². The number of nitrogens with one attached hydrogen (secondary N) is 2. The number of amides is 3. The van der Waals surface area contributed by atoms with Crippen LogP contribution in [0.15, 0.2) is 53.0 Å². The molecule has 0 radical (unpaired) electrons. The normalized spacial score (nSPS) is 18.1. The number of aromatic nitrogens is 2. The molecular weight excluding hydrogens is 803 g/mol. The summed E-state index contributed by atoms with van der Waals surface area (Å²) in [5, 5.41) is 6.77. The van der Waals surface area contributed by atoms with E-state index in [1.54, 1.807) is 7.11 Å². The van der Waals surface area contributed by atoms with E-state index in [0.717, 1.165) is 84.1 Å². The van der Waals surface area contributed by atoms with Crippen molar-refractivity contribution in [3.05, 3.63) is 86.9 Å². The van der Waals surface area contributed by atoms with Crippen LogP contribution in [-0.4, -0.2) is 76.9 Å². The summed E-state index contributed by atoms with van der Waals surface area (Å²) in [4.78, 5) is 50.5. The van der Waals surface area contributed by atoms with Crippen LogP contribution in [0.1, 0.15) is 122 Å². The summed E-state index contributed by atoms with van der Waals surface area (Å²) in [6.07, 6.45) is 10.3. The second-order valence-electron chi connectivity index (χ2n) is 15.9. The van der Waals surface area contributed by atoms with E-state index in [-0.39, 0.29) is 42.6 Å². The second-order valence-corrected chi connectivity index (χ2v) is 16.8. The molecule has 3 aromatic carbocycles. The molecule has 1 aromatic heterocycles. The molecule has 7 rings (SSSR count). The van der Waals surface area contributed by atoms with E-state index in [0.29, 0.717) is 41.5 Å². The molecular formula is C45H54BrFN6O5. The van der Waals surface area contributed by atoms with Gasteiger partial charge >= 0.3 is 0 Å². The van der Waals surface area contributed by atoms with Crippen molar-refractivity contribution in [1.29, 1.82) is 0 Å². The third kappa shape index (κ3) is 9.80. The van der Waals surface area contributed by atoms with Gasteiger partial charge in [-0.3, -0.25) is 19.7 Å². The maximum absolute atomic E-state index is 15.4. The first-order valence-corrected chi connectivity index (χ1v) is 21.6. The highest BCUT2D eigenvalue weighted by molar-refractivity contribution is 9.10. The van der Waals surface area contributed by atoms with E-state index in [1.165, 1.54) is 36.6 Å². The van der Waals surface area contributed by atoms with Crippen LogP contribution in [-0.2, 0) is 16.1 Å². The van der Waals surface area contributed by atoms with Crippen LogP contribution in [0.5, 0.6) is 11.5 Å². The lowest BCUT2D eigenvalue weighted by atomic mass is 9.87. The lowest BCUT2D eigenvalue weighted by molar-refractivity contribution is -0.136. The lowest BCUT2D eigenvalue weighted by Crippen LogP contribution is -2.52. The highest BCUT2D eigenvalue weighted by Gasteiger charge is 2.40. The first-order chi connectivity index (χ1) is 28.1. The average molecular weight is 858 g/mol. The Labute approximate surface area is 348 Å². The summed E-state index contributed by atoms with van der Waals surface area (Å²) in [7, 11) is 1.66. The molecule has 0 saturated carbocycles. The molecule has 4 heterocycles. The molecule has 58 heavy (non-hydrogen) atoms. The maximum atomic E-state index is 15.4. The van der Waals surface area contributed by atoms with Gasteiger partial charge < -0.3 is 24.6 Å². The monoisotopic (exact) mass is 856 g/mol. The van der Waals surface area contributed by atoms with Gasteiger partial charge in [0.2, 0.25) is 11.8 Å². The molecule has 1 unspecified atom stereocenters. The number of fused-ring (bicyclic) bond motifs is 2. The average Bonchev–Trinajstić information content (AvgIpc) is 3.52. The summed E-state index contributed by atoms with van der Waals surface area (Å²) in [6, 6.07) is 14.7. The number of carbonyl (C=O) groups excluding carboxylic acids is 3. The molecule has 3 amide bonds. The van der Waals surface area contributed by atoms with E-state index in [2.05, 4.69) is 50.5 Å². The van der Waals surface area contributed by atoms with Crippen molar-refractivity contribution in [2.45, 2.75) is 109 Å². The second kappa shape index (κ2) is 19.0. The van der Waals surface area contributed by atoms with Gasteiger partial charge in [0.15, 0.2) is 11.5 Å². The summed E-state index contributed by atoms with van der Waals surface area (Å²) in [5.41, 5.74) is 3.73. The first kappa shape index (κ1) is 41.5. The predicted molar refractivity (Wildman–Crippen MR) is 226 cm³/mol. The number of carbonyl (C=O) groups is 3. The van der Waals surface area contributed by atoms with Gasteiger partial charge in [0.05, 0.1) is 25.3 Å². The number of piperidine rings is 2. The maximum Gasteiger partial charge on any atom is 0.255 e. The molecule has 0 aliphatic carbocycles. The largest absolute Gasteiger partial charge is 0.493 e.